The fourth-order valence-electron chi connectivity index (χ4n) is 1.34. The van der Waals surface area contributed by atoms with Gasteiger partial charge in [-0.2, -0.15) is 0 Å². The van der Waals surface area contributed by atoms with Crippen molar-refractivity contribution < 1.29 is 0 Å². The highest BCUT2D eigenvalue weighted by molar-refractivity contribution is 14.0. The Kier molecular flexibility index (Phi) is 5.48. The monoisotopic (exact) mass is 339 g/mol. The van der Waals surface area contributed by atoms with Gasteiger partial charge in [-0.3, -0.25) is 0 Å². The van der Waals surface area contributed by atoms with Gasteiger partial charge in [0.25, 0.3) is 0 Å². The average Bonchev–Trinajstić information content (AvgIpc) is 2.31. The van der Waals surface area contributed by atoms with Crippen LogP contribution in [0.1, 0.15) is 0 Å². The van der Waals surface area contributed by atoms with E-state index in [1.165, 1.54) is 0 Å². The fourth-order valence-corrected chi connectivity index (χ4v) is 1.34. The van der Waals surface area contributed by atoms with E-state index < -0.39 is 0 Å². The van der Waals surface area contributed by atoms with Crippen LogP contribution in [-0.4, -0.2) is 5.96 Å². The Bertz CT molecular complexity index is 469. The lowest BCUT2D eigenvalue weighted by atomic mass is 10.3. The van der Waals surface area contributed by atoms with Crippen molar-refractivity contribution in [1.29, 1.82) is 0 Å². The maximum Gasteiger partial charge on any atom is 0.198 e. The van der Waals surface area contributed by atoms with E-state index in [1.807, 2.05) is 60.7 Å². The summed E-state index contributed by atoms with van der Waals surface area (Å²) in [6.45, 7) is 0. The molecule has 0 heterocycles. The number of anilines is 1. The van der Waals surface area contributed by atoms with Crippen molar-refractivity contribution in [2.24, 2.45) is 10.7 Å². The largest absolute Gasteiger partial charge is 0.369 e. The van der Waals surface area contributed by atoms with Gasteiger partial charge in [-0.15, -0.1) is 24.0 Å². The van der Waals surface area contributed by atoms with Crippen molar-refractivity contribution in [3.63, 3.8) is 0 Å². The lowest BCUT2D eigenvalue weighted by Crippen LogP contribution is -2.21. The first-order chi connectivity index (χ1) is 7.84. The molecule has 2 aromatic rings. The Labute approximate surface area is 118 Å². The molecule has 0 bridgehead atoms. The third kappa shape index (κ3) is 4.44. The van der Waals surface area contributed by atoms with Crippen molar-refractivity contribution in [1.82, 2.24) is 0 Å². The first kappa shape index (κ1) is 13.5. The Morgan fingerprint density at radius 3 is 2.00 bits per heavy atom. The van der Waals surface area contributed by atoms with Gasteiger partial charge in [0, 0.05) is 5.69 Å². The molecular formula is C13H14IN3. The van der Waals surface area contributed by atoms with Crippen molar-refractivity contribution in [3.8, 4) is 0 Å². The van der Waals surface area contributed by atoms with E-state index in [0.717, 1.165) is 11.4 Å². The molecule has 0 amide bonds. The Morgan fingerprint density at radius 1 is 0.882 bits per heavy atom. The van der Waals surface area contributed by atoms with Crippen LogP contribution in [0.2, 0.25) is 0 Å². The van der Waals surface area contributed by atoms with Gasteiger partial charge < -0.3 is 11.1 Å². The van der Waals surface area contributed by atoms with Gasteiger partial charge in [-0.25, -0.2) is 4.99 Å². The second kappa shape index (κ2) is 6.90. The fraction of sp³-hybridized carbons (Fsp3) is 0. The number of halogens is 1. The number of guanidine groups is 1. The summed E-state index contributed by atoms with van der Waals surface area (Å²) in [5.41, 5.74) is 7.54. The number of nitrogens with one attached hydrogen (secondary N) is 1. The number of nitrogens with zero attached hydrogens (tertiary/aromatic N) is 1. The summed E-state index contributed by atoms with van der Waals surface area (Å²) in [6.07, 6.45) is 0. The average molecular weight is 339 g/mol. The molecule has 17 heavy (non-hydrogen) atoms. The summed E-state index contributed by atoms with van der Waals surface area (Å²) in [5, 5.41) is 3.02. The molecule has 0 saturated carbocycles. The van der Waals surface area contributed by atoms with E-state index in [4.69, 9.17) is 5.73 Å². The lowest BCUT2D eigenvalue weighted by molar-refractivity contribution is 1.44. The number of aliphatic imine (C=N–C) groups is 1. The van der Waals surface area contributed by atoms with Crippen LogP contribution in [0.3, 0.4) is 0 Å². The quantitative estimate of drug-likeness (QED) is 0.501. The lowest BCUT2D eigenvalue weighted by Gasteiger charge is -2.04. The SMILES string of the molecule is I.NC(=Nc1ccccc1)Nc1ccccc1. The maximum absolute atomic E-state index is 5.78. The zero-order valence-corrected chi connectivity index (χ0v) is 11.5. The molecule has 3 nitrogen and oxygen atoms in total. The zero-order chi connectivity index (χ0) is 11.2. The molecule has 0 atom stereocenters. The number of benzene rings is 2. The molecule has 0 radical (unpaired) electrons. The topological polar surface area (TPSA) is 50.4 Å². The van der Waals surface area contributed by atoms with Crippen LogP contribution >= 0.6 is 24.0 Å². The third-order valence-electron chi connectivity index (χ3n) is 2.05. The highest BCUT2D eigenvalue weighted by Crippen LogP contribution is 2.10. The van der Waals surface area contributed by atoms with Crippen molar-refractivity contribution >= 4 is 41.3 Å². The summed E-state index contributed by atoms with van der Waals surface area (Å²) in [6, 6.07) is 19.3. The van der Waals surface area contributed by atoms with E-state index in [-0.39, 0.29) is 24.0 Å². The van der Waals surface area contributed by atoms with Gasteiger partial charge >= 0.3 is 0 Å². The predicted molar refractivity (Wildman–Crippen MR) is 83.2 cm³/mol. The predicted octanol–water partition coefficient (Wildman–Crippen LogP) is 3.36. The molecule has 0 fully saturated rings. The van der Waals surface area contributed by atoms with Crippen molar-refractivity contribution in [3.05, 3.63) is 60.7 Å². The second-order valence-electron chi connectivity index (χ2n) is 3.32. The van der Waals surface area contributed by atoms with Crippen LogP contribution in [0.5, 0.6) is 0 Å². The summed E-state index contributed by atoms with van der Waals surface area (Å²) in [7, 11) is 0. The van der Waals surface area contributed by atoms with Crippen molar-refractivity contribution in [2.45, 2.75) is 0 Å². The van der Waals surface area contributed by atoms with Gasteiger partial charge in [-0.05, 0) is 24.3 Å². The first-order valence-electron chi connectivity index (χ1n) is 5.06. The summed E-state index contributed by atoms with van der Waals surface area (Å²) in [5.74, 6) is 0.386. The minimum absolute atomic E-state index is 0. The van der Waals surface area contributed by atoms with Gasteiger partial charge in [0.2, 0.25) is 0 Å². The molecule has 4 heteroatoms. The number of rotatable bonds is 2. The highest BCUT2D eigenvalue weighted by atomic mass is 127. The van der Waals surface area contributed by atoms with Crippen LogP contribution in [0.4, 0.5) is 11.4 Å². The number of hydrogen-bond donors (Lipinski definition) is 2. The Hall–Kier alpha value is -1.56. The number of hydrogen-bond acceptors (Lipinski definition) is 1. The molecule has 2 aromatic carbocycles. The molecule has 0 aromatic heterocycles. The zero-order valence-electron chi connectivity index (χ0n) is 9.21. The second-order valence-corrected chi connectivity index (χ2v) is 3.32. The normalized spacial score (nSPS) is 10.5. The Balaban J connectivity index is 0.00000144. The minimum atomic E-state index is 0. The van der Waals surface area contributed by atoms with Crippen LogP contribution in [0, 0.1) is 0 Å². The van der Waals surface area contributed by atoms with E-state index >= 15 is 0 Å². The summed E-state index contributed by atoms with van der Waals surface area (Å²) < 4.78 is 0. The van der Waals surface area contributed by atoms with E-state index in [2.05, 4.69) is 10.3 Å². The molecular weight excluding hydrogens is 325 g/mol. The molecule has 0 aliphatic rings. The third-order valence-corrected chi connectivity index (χ3v) is 2.05. The molecule has 2 rings (SSSR count). The minimum Gasteiger partial charge on any atom is -0.369 e. The van der Waals surface area contributed by atoms with Gasteiger partial charge in [-0.1, -0.05) is 36.4 Å². The van der Waals surface area contributed by atoms with Gasteiger partial charge in [0.05, 0.1) is 5.69 Å². The van der Waals surface area contributed by atoms with Crippen LogP contribution < -0.4 is 11.1 Å². The maximum atomic E-state index is 5.78. The van der Waals surface area contributed by atoms with E-state index in [1.54, 1.807) is 0 Å². The molecule has 0 aliphatic carbocycles. The number of nitrogens with two attached hydrogens (primary N) is 1. The summed E-state index contributed by atoms with van der Waals surface area (Å²) >= 11 is 0. The highest BCUT2D eigenvalue weighted by Gasteiger charge is 1.93. The molecule has 0 unspecified atom stereocenters. The number of para-hydroxylation sites is 2. The van der Waals surface area contributed by atoms with E-state index in [9.17, 15) is 0 Å². The van der Waals surface area contributed by atoms with E-state index in [0.29, 0.717) is 5.96 Å². The molecule has 3 N–H and O–H groups in total. The van der Waals surface area contributed by atoms with Crippen LogP contribution in [0.15, 0.2) is 65.7 Å². The first-order valence-corrected chi connectivity index (χ1v) is 5.06. The van der Waals surface area contributed by atoms with Crippen molar-refractivity contribution in [2.75, 3.05) is 5.32 Å². The van der Waals surface area contributed by atoms with Crippen LogP contribution in [-0.2, 0) is 0 Å². The smallest absolute Gasteiger partial charge is 0.198 e. The Morgan fingerprint density at radius 2 is 1.41 bits per heavy atom. The standard InChI is InChI=1S/C13H13N3.HI/c14-13(15-11-7-3-1-4-8-11)16-12-9-5-2-6-10-12;/h1-10H,(H3,14,15,16);1H. The molecule has 0 spiro atoms. The molecule has 0 aliphatic heterocycles. The summed E-state index contributed by atoms with van der Waals surface area (Å²) in [4.78, 5) is 4.24. The molecule has 0 saturated heterocycles. The van der Waals surface area contributed by atoms with Gasteiger partial charge in [0.15, 0.2) is 5.96 Å². The van der Waals surface area contributed by atoms with Crippen LogP contribution in [0.25, 0.3) is 0 Å². The molecule has 88 valence electrons. The van der Waals surface area contributed by atoms with Gasteiger partial charge in [0.1, 0.15) is 0 Å².